The lowest BCUT2D eigenvalue weighted by atomic mass is 10.1. The average Bonchev–Trinajstić information content (AvgIpc) is 3.11. The summed E-state index contributed by atoms with van der Waals surface area (Å²) in [5, 5.41) is 10.6. The Morgan fingerprint density at radius 1 is 1.38 bits per heavy atom. The number of aliphatic hydroxyl groups excluding tert-OH is 1. The Morgan fingerprint density at radius 3 is 2.81 bits per heavy atom. The van der Waals surface area contributed by atoms with Crippen LogP contribution < -0.4 is 11.3 Å². The molecule has 1 aliphatic heterocycles. The number of nitrogens with zero attached hydrogens (tertiary/aromatic N) is 3. The van der Waals surface area contributed by atoms with Crippen LogP contribution in [-0.2, 0) is 15.9 Å². The van der Waals surface area contributed by atoms with E-state index < -0.39 is 30.1 Å². The number of aliphatic hydroxyl groups is 1. The van der Waals surface area contributed by atoms with Crippen molar-refractivity contribution < 1.29 is 14.6 Å². The second-order valence-electron chi connectivity index (χ2n) is 6.35. The van der Waals surface area contributed by atoms with E-state index in [1.165, 1.54) is 0 Å². The van der Waals surface area contributed by atoms with Crippen molar-refractivity contribution >= 4 is 29.7 Å². The molecule has 0 unspecified atom stereocenters. The van der Waals surface area contributed by atoms with E-state index in [-0.39, 0.29) is 11.5 Å². The van der Waals surface area contributed by atoms with Crippen LogP contribution in [0.15, 0.2) is 4.79 Å². The standard InChI is InChI=1S/C16H25N5O4S/c1-3-5-9-18-10-13(19-16(17)20-14(10)23)21(9)15-12(24-6-4-2)11(22)8(7-26)25-15/h8,11-12,15,22,26H,3-7H2,1-2H3,(H3,17,19,20,23)/t8-,11-,12-,15-/m1/s1. The van der Waals surface area contributed by atoms with Crippen LogP contribution in [0.4, 0.5) is 5.95 Å². The van der Waals surface area contributed by atoms with Gasteiger partial charge in [0.25, 0.3) is 5.56 Å². The average molecular weight is 383 g/mol. The second kappa shape index (κ2) is 7.95. The molecule has 1 aliphatic rings. The zero-order valence-electron chi connectivity index (χ0n) is 14.9. The van der Waals surface area contributed by atoms with Crippen molar-refractivity contribution in [1.29, 1.82) is 0 Å². The minimum Gasteiger partial charge on any atom is -0.387 e. The first-order valence-electron chi connectivity index (χ1n) is 8.84. The Morgan fingerprint density at radius 2 is 2.15 bits per heavy atom. The zero-order chi connectivity index (χ0) is 18.8. The highest BCUT2D eigenvalue weighted by molar-refractivity contribution is 7.80. The number of hydrogen-bond donors (Lipinski definition) is 4. The molecular weight excluding hydrogens is 358 g/mol. The van der Waals surface area contributed by atoms with E-state index in [4.69, 9.17) is 15.2 Å². The van der Waals surface area contributed by atoms with Crippen molar-refractivity contribution in [1.82, 2.24) is 19.5 Å². The zero-order valence-corrected chi connectivity index (χ0v) is 15.8. The highest BCUT2D eigenvalue weighted by atomic mass is 32.1. The maximum atomic E-state index is 12.2. The third-order valence-electron chi connectivity index (χ3n) is 4.38. The fourth-order valence-electron chi connectivity index (χ4n) is 3.22. The smallest absolute Gasteiger partial charge is 0.280 e. The number of nitrogen functional groups attached to an aromatic ring is 1. The summed E-state index contributed by atoms with van der Waals surface area (Å²) in [6, 6.07) is 0. The highest BCUT2D eigenvalue weighted by Gasteiger charge is 2.46. The van der Waals surface area contributed by atoms with Crippen molar-refractivity contribution in [3.63, 3.8) is 0 Å². The first kappa shape index (κ1) is 19.2. The van der Waals surface area contributed by atoms with Gasteiger partial charge < -0.3 is 20.3 Å². The van der Waals surface area contributed by atoms with Crippen molar-refractivity contribution in [3.8, 4) is 0 Å². The molecule has 4 atom stereocenters. The summed E-state index contributed by atoms with van der Waals surface area (Å²) in [5.41, 5.74) is 5.85. The van der Waals surface area contributed by atoms with Gasteiger partial charge in [-0.05, 0) is 12.8 Å². The lowest BCUT2D eigenvalue weighted by Gasteiger charge is -2.23. The summed E-state index contributed by atoms with van der Waals surface area (Å²) in [6.45, 7) is 4.48. The largest absolute Gasteiger partial charge is 0.387 e. The van der Waals surface area contributed by atoms with Gasteiger partial charge in [0.1, 0.15) is 18.0 Å². The Labute approximate surface area is 156 Å². The number of anilines is 1. The lowest BCUT2D eigenvalue weighted by molar-refractivity contribution is -0.0665. The Bertz CT molecular complexity index is 823. The summed E-state index contributed by atoms with van der Waals surface area (Å²) < 4.78 is 13.6. The number of fused-ring (bicyclic) bond motifs is 1. The molecule has 0 saturated carbocycles. The van der Waals surface area contributed by atoms with Crippen LogP contribution >= 0.6 is 12.6 Å². The van der Waals surface area contributed by atoms with Gasteiger partial charge in [0.05, 0.1) is 6.10 Å². The fourth-order valence-corrected chi connectivity index (χ4v) is 3.53. The van der Waals surface area contributed by atoms with Gasteiger partial charge in [0.15, 0.2) is 17.4 Å². The number of rotatable bonds is 7. The van der Waals surface area contributed by atoms with Crippen LogP contribution in [0.5, 0.6) is 0 Å². The number of imidazole rings is 1. The van der Waals surface area contributed by atoms with E-state index in [0.29, 0.717) is 30.3 Å². The SMILES string of the molecule is CCCO[C@@H]1[C@H](O)[C@@H](CS)O[C@H]1n1c(CCC)nc2c(=O)[nH]c(N)nc21. The molecule has 3 heterocycles. The van der Waals surface area contributed by atoms with E-state index in [2.05, 4.69) is 27.6 Å². The number of hydrogen-bond acceptors (Lipinski definition) is 8. The van der Waals surface area contributed by atoms with Gasteiger partial charge in [0, 0.05) is 18.8 Å². The van der Waals surface area contributed by atoms with Gasteiger partial charge in [-0.3, -0.25) is 14.3 Å². The monoisotopic (exact) mass is 383 g/mol. The molecule has 0 spiro atoms. The van der Waals surface area contributed by atoms with Crippen LogP contribution in [0, 0.1) is 0 Å². The van der Waals surface area contributed by atoms with Crippen molar-refractivity contribution in [2.45, 2.75) is 57.6 Å². The van der Waals surface area contributed by atoms with E-state index in [0.717, 1.165) is 12.8 Å². The molecule has 10 heteroatoms. The van der Waals surface area contributed by atoms with Crippen LogP contribution in [-0.4, -0.2) is 55.3 Å². The van der Waals surface area contributed by atoms with Gasteiger partial charge in [-0.25, -0.2) is 4.98 Å². The first-order chi connectivity index (χ1) is 12.5. The van der Waals surface area contributed by atoms with Crippen LogP contribution in [0.2, 0.25) is 0 Å². The third-order valence-corrected chi connectivity index (χ3v) is 4.74. The first-order valence-corrected chi connectivity index (χ1v) is 9.47. The van der Waals surface area contributed by atoms with Gasteiger partial charge in [-0.2, -0.15) is 17.6 Å². The molecule has 0 aliphatic carbocycles. The fraction of sp³-hybridized carbons (Fsp3) is 0.688. The minimum atomic E-state index is -0.838. The molecule has 0 radical (unpaired) electrons. The Kier molecular flexibility index (Phi) is 5.86. The topological polar surface area (TPSA) is 128 Å². The molecule has 0 aromatic carbocycles. The third kappa shape index (κ3) is 3.34. The number of aryl methyl sites for hydroxylation is 1. The van der Waals surface area contributed by atoms with E-state index in [1.54, 1.807) is 4.57 Å². The van der Waals surface area contributed by atoms with Gasteiger partial charge in [0.2, 0.25) is 5.95 Å². The Balaban J connectivity index is 2.14. The molecule has 4 N–H and O–H groups in total. The molecule has 9 nitrogen and oxygen atoms in total. The van der Waals surface area contributed by atoms with Crippen molar-refractivity contribution in [3.05, 3.63) is 16.2 Å². The lowest BCUT2D eigenvalue weighted by Crippen LogP contribution is -2.35. The molecule has 2 aromatic heterocycles. The Hall–Kier alpha value is -1.62. The summed E-state index contributed by atoms with van der Waals surface area (Å²) in [6.07, 6.45) is -0.345. The minimum absolute atomic E-state index is 0.00187. The van der Waals surface area contributed by atoms with E-state index >= 15 is 0 Å². The molecule has 1 fully saturated rings. The summed E-state index contributed by atoms with van der Waals surface area (Å²) in [7, 11) is 0. The predicted octanol–water partition coefficient (Wildman–Crippen LogP) is 0.638. The maximum Gasteiger partial charge on any atom is 0.280 e. The molecule has 144 valence electrons. The number of thiol groups is 1. The molecule has 1 saturated heterocycles. The normalized spacial score (nSPS) is 26.0. The van der Waals surface area contributed by atoms with Crippen molar-refractivity contribution in [2.24, 2.45) is 0 Å². The summed E-state index contributed by atoms with van der Waals surface area (Å²) >= 11 is 4.26. The van der Waals surface area contributed by atoms with Crippen molar-refractivity contribution in [2.75, 3.05) is 18.1 Å². The molecule has 3 rings (SSSR count). The molecular formula is C16H25N5O4S. The van der Waals surface area contributed by atoms with Gasteiger partial charge >= 0.3 is 0 Å². The second-order valence-corrected chi connectivity index (χ2v) is 6.71. The number of nitrogens with two attached hydrogens (primary N) is 1. The van der Waals surface area contributed by atoms with Crippen LogP contribution in [0.3, 0.4) is 0 Å². The number of nitrogens with one attached hydrogen (secondary N) is 1. The van der Waals surface area contributed by atoms with Gasteiger partial charge in [-0.1, -0.05) is 13.8 Å². The molecule has 0 amide bonds. The summed E-state index contributed by atoms with van der Waals surface area (Å²) in [4.78, 5) is 23.4. The molecule has 2 aromatic rings. The van der Waals surface area contributed by atoms with E-state index in [9.17, 15) is 9.90 Å². The van der Waals surface area contributed by atoms with Crippen LogP contribution in [0.1, 0.15) is 38.7 Å². The molecule has 0 bridgehead atoms. The maximum absolute atomic E-state index is 12.2. The summed E-state index contributed by atoms with van der Waals surface area (Å²) in [5.74, 6) is 0.991. The number of ether oxygens (including phenoxy) is 2. The van der Waals surface area contributed by atoms with E-state index in [1.807, 2.05) is 13.8 Å². The van der Waals surface area contributed by atoms with Crippen LogP contribution in [0.25, 0.3) is 11.2 Å². The quantitative estimate of drug-likeness (QED) is 0.516. The highest BCUT2D eigenvalue weighted by Crippen LogP contribution is 2.35. The predicted molar refractivity (Wildman–Crippen MR) is 100 cm³/mol. The number of H-pyrrole nitrogens is 1. The number of aromatic amines is 1. The van der Waals surface area contributed by atoms with Gasteiger partial charge in [-0.15, -0.1) is 0 Å². The number of aromatic nitrogens is 4. The molecule has 26 heavy (non-hydrogen) atoms.